The van der Waals surface area contributed by atoms with Crippen molar-refractivity contribution in [1.82, 2.24) is 15.1 Å². The van der Waals surface area contributed by atoms with E-state index in [9.17, 15) is 4.79 Å². The van der Waals surface area contributed by atoms with Crippen LogP contribution in [0.5, 0.6) is 11.5 Å². The Morgan fingerprint density at radius 3 is 2.77 bits per heavy atom. The normalized spacial score (nSPS) is 13.0. The number of ether oxygens (including phenoxy) is 2. The molecule has 6 heteroatoms. The van der Waals surface area contributed by atoms with Crippen molar-refractivity contribution in [3.05, 3.63) is 41.2 Å². The zero-order valence-corrected chi connectivity index (χ0v) is 12.8. The second-order valence-electron chi connectivity index (χ2n) is 5.28. The highest BCUT2D eigenvalue weighted by Crippen LogP contribution is 2.30. The Kier molecular flexibility index (Phi) is 4.00. The largest absolute Gasteiger partial charge is 0.486 e. The quantitative estimate of drug-likeness (QED) is 0.929. The number of hydrogen-bond acceptors (Lipinski definition) is 4. The summed E-state index contributed by atoms with van der Waals surface area (Å²) in [5, 5.41) is 7.04. The molecule has 0 fully saturated rings. The lowest BCUT2D eigenvalue weighted by atomic mass is 10.1. The predicted octanol–water partition coefficient (Wildman–Crippen LogP) is 1.47. The predicted molar refractivity (Wildman–Crippen MR) is 81.4 cm³/mol. The van der Waals surface area contributed by atoms with Gasteiger partial charge in [0.15, 0.2) is 11.5 Å². The number of amides is 1. The summed E-state index contributed by atoms with van der Waals surface area (Å²) in [6.07, 6.45) is 0.730. The summed E-state index contributed by atoms with van der Waals surface area (Å²) in [6.45, 7) is 3.63. The monoisotopic (exact) mass is 301 g/mol. The van der Waals surface area contributed by atoms with Gasteiger partial charge in [-0.05, 0) is 37.1 Å². The lowest BCUT2D eigenvalue weighted by Gasteiger charge is -2.18. The van der Waals surface area contributed by atoms with Crippen LogP contribution in [0.2, 0.25) is 0 Å². The molecule has 0 aliphatic carbocycles. The van der Waals surface area contributed by atoms with Crippen molar-refractivity contribution in [2.75, 3.05) is 19.8 Å². The second-order valence-corrected chi connectivity index (χ2v) is 5.28. The van der Waals surface area contributed by atoms with E-state index < -0.39 is 0 Å². The molecule has 1 aromatic carbocycles. The molecule has 116 valence electrons. The summed E-state index contributed by atoms with van der Waals surface area (Å²) in [4.78, 5) is 12.0. The molecule has 1 aliphatic rings. The van der Waals surface area contributed by atoms with Crippen LogP contribution in [-0.4, -0.2) is 35.4 Å². The molecule has 0 saturated heterocycles. The van der Waals surface area contributed by atoms with E-state index in [4.69, 9.17) is 9.47 Å². The summed E-state index contributed by atoms with van der Waals surface area (Å²) >= 11 is 0. The lowest BCUT2D eigenvalue weighted by molar-refractivity contribution is 0.0948. The summed E-state index contributed by atoms with van der Waals surface area (Å²) < 4.78 is 12.7. The zero-order chi connectivity index (χ0) is 15.5. The van der Waals surface area contributed by atoms with Crippen LogP contribution in [0.3, 0.4) is 0 Å². The molecule has 2 aromatic rings. The van der Waals surface area contributed by atoms with E-state index >= 15 is 0 Å². The zero-order valence-electron chi connectivity index (χ0n) is 12.8. The third kappa shape index (κ3) is 3.05. The van der Waals surface area contributed by atoms with E-state index in [2.05, 4.69) is 10.4 Å². The number of rotatable bonds is 4. The van der Waals surface area contributed by atoms with Crippen molar-refractivity contribution in [3.8, 4) is 11.5 Å². The third-order valence-corrected chi connectivity index (χ3v) is 3.65. The number of fused-ring (bicyclic) bond motifs is 1. The molecule has 3 rings (SSSR count). The number of hydrogen-bond donors (Lipinski definition) is 1. The van der Waals surface area contributed by atoms with Gasteiger partial charge in [-0.2, -0.15) is 5.10 Å². The van der Waals surface area contributed by atoms with Gasteiger partial charge < -0.3 is 14.8 Å². The fourth-order valence-corrected chi connectivity index (χ4v) is 2.33. The average molecular weight is 301 g/mol. The molecule has 0 unspecified atom stereocenters. The van der Waals surface area contributed by atoms with E-state index in [-0.39, 0.29) is 5.91 Å². The fourth-order valence-electron chi connectivity index (χ4n) is 2.33. The Hall–Kier alpha value is -2.50. The first-order chi connectivity index (χ1) is 10.6. The van der Waals surface area contributed by atoms with E-state index in [0.717, 1.165) is 29.2 Å². The minimum atomic E-state index is -0.152. The molecule has 1 amide bonds. The maximum absolute atomic E-state index is 12.0. The number of nitrogens with one attached hydrogen (secondary N) is 1. The number of benzene rings is 1. The Balaban J connectivity index is 1.55. The Morgan fingerprint density at radius 2 is 2.05 bits per heavy atom. The number of aromatic nitrogens is 2. The van der Waals surface area contributed by atoms with Crippen LogP contribution in [0, 0.1) is 6.92 Å². The van der Waals surface area contributed by atoms with Crippen molar-refractivity contribution in [2.45, 2.75) is 13.3 Å². The molecule has 1 N–H and O–H groups in total. The summed E-state index contributed by atoms with van der Waals surface area (Å²) in [6, 6.07) is 7.64. The first-order valence-electron chi connectivity index (χ1n) is 7.31. The van der Waals surface area contributed by atoms with Crippen LogP contribution in [0.25, 0.3) is 0 Å². The van der Waals surface area contributed by atoms with Crippen LogP contribution >= 0.6 is 0 Å². The van der Waals surface area contributed by atoms with Gasteiger partial charge in [0.05, 0.1) is 0 Å². The molecule has 0 radical (unpaired) electrons. The molecule has 6 nitrogen and oxygen atoms in total. The number of aryl methyl sites for hydroxylation is 2. The Bertz CT molecular complexity index is 674. The van der Waals surface area contributed by atoms with Gasteiger partial charge in [0.1, 0.15) is 18.9 Å². The first-order valence-corrected chi connectivity index (χ1v) is 7.31. The summed E-state index contributed by atoms with van der Waals surface area (Å²) in [7, 11) is 1.82. The van der Waals surface area contributed by atoms with Gasteiger partial charge >= 0.3 is 0 Å². The molecule has 0 bridgehead atoms. The lowest BCUT2D eigenvalue weighted by Crippen LogP contribution is -2.26. The van der Waals surface area contributed by atoms with Crippen LogP contribution in [0.1, 0.15) is 21.7 Å². The first kappa shape index (κ1) is 14.4. The van der Waals surface area contributed by atoms with Crippen molar-refractivity contribution in [2.24, 2.45) is 7.05 Å². The Morgan fingerprint density at radius 1 is 1.27 bits per heavy atom. The van der Waals surface area contributed by atoms with Gasteiger partial charge in [-0.1, -0.05) is 6.07 Å². The highest BCUT2D eigenvalue weighted by atomic mass is 16.6. The van der Waals surface area contributed by atoms with Crippen molar-refractivity contribution in [1.29, 1.82) is 0 Å². The van der Waals surface area contributed by atoms with Gasteiger partial charge in [-0.3, -0.25) is 9.48 Å². The number of carbonyl (C=O) groups excluding carboxylic acids is 1. The molecule has 0 spiro atoms. The van der Waals surface area contributed by atoms with Crippen LogP contribution in [0.15, 0.2) is 24.3 Å². The maximum atomic E-state index is 12.0. The minimum Gasteiger partial charge on any atom is -0.486 e. The van der Waals surface area contributed by atoms with Crippen molar-refractivity contribution < 1.29 is 14.3 Å². The van der Waals surface area contributed by atoms with Crippen molar-refractivity contribution >= 4 is 5.91 Å². The van der Waals surface area contributed by atoms with Gasteiger partial charge in [-0.15, -0.1) is 0 Å². The highest BCUT2D eigenvalue weighted by Gasteiger charge is 2.13. The molecule has 1 aliphatic heterocycles. The van der Waals surface area contributed by atoms with E-state index in [1.807, 2.05) is 32.2 Å². The topological polar surface area (TPSA) is 65.4 Å². The third-order valence-electron chi connectivity index (χ3n) is 3.65. The minimum absolute atomic E-state index is 0.152. The second kappa shape index (κ2) is 6.09. The van der Waals surface area contributed by atoms with Gasteiger partial charge in [0.25, 0.3) is 5.91 Å². The molecule has 0 atom stereocenters. The smallest absolute Gasteiger partial charge is 0.271 e. The van der Waals surface area contributed by atoms with Gasteiger partial charge in [0, 0.05) is 19.3 Å². The maximum Gasteiger partial charge on any atom is 0.271 e. The van der Waals surface area contributed by atoms with Crippen LogP contribution < -0.4 is 14.8 Å². The van der Waals surface area contributed by atoms with Gasteiger partial charge in [-0.25, -0.2) is 0 Å². The van der Waals surface area contributed by atoms with E-state index in [1.54, 1.807) is 10.7 Å². The van der Waals surface area contributed by atoms with Crippen LogP contribution in [0.4, 0.5) is 0 Å². The molecule has 22 heavy (non-hydrogen) atoms. The van der Waals surface area contributed by atoms with Crippen molar-refractivity contribution in [3.63, 3.8) is 0 Å². The number of carbonyl (C=O) groups is 1. The highest BCUT2D eigenvalue weighted by molar-refractivity contribution is 5.92. The van der Waals surface area contributed by atoms with Crippen LogP contribution in [-0.2, 0) is 13.5 Å². The summed E-state index contributed by atoms with van der Waals surface area (Å²) in [5.74, 6) is 1.40. The summed E-state index contributed by atoms with van der Waals surface area (Å²) in [5.41, 5.74) is 2.50. The molecule has 1 aromatic heterocycles. The molecular weight excluding hydrogens is 282 g/mol. The average Bonchev–Trinajstić information content (AvgIpc) is 2.86. The molecular formula is C16H19N3O3. The van der Waals surface area contributed by atoms with Gasteiger partial charge in [0.2, 0.25) is 0 Å². The SMILES string of the molecule is Cc1cc(C(=O)NCCc2ccc3c(c2)OCCO3)nn1C. The van der Waals surface area contributed by atoms with E-state index in [1.165, 1.54) is 0 Å². The molecule has 2 heterocycles. The van der Waals surface area contributed by atoms with E-state index in [0.29, 0.717) is 25.5 Å². The Labute approximate surface area is 129 Å². The standard InChI is InChI=1S/C16H19N3O3/c1-11-9-13(18-19(11)2)16(20)17-6-5-12-3-4-14-15(10-12)22-8-7-21-14/h3-4,9-10H,5-8H2,1-2H3,(H,17,20). The number of nitrogens with zero attached hydrogens (tertiary/aromatic N) is 2. The molecule has 0 saturated carbocycles. The fraction of sp³-hybridized carbons (Fsp3) is 0.375.